The van der Waals surface area contributed by atoms with Gasteiger partial charge in [-0.05, 0) is 135 Å². The maximum atomic E-state index is 13.0. The van der Waals surface area contributed by atoms with Gasteiger partial charge in [0.15, 0.2) is 6.61 Å². The standard InChI is InChI=1S/C42H58O5/c1-26(2)9-8-10-27(3)35-17-18-36-34-15-13-28-23-30(19-21-41(28,4)37(34)20-22-42(35,36)5)46-39(43)25-45-29-14-16-32-31-11-6-7-12-33(31)40(44)47-38(32)24-29/h13-14,16,24,26-27,30,34-37H,6-12,15,17-23,25H2,1-5H3/t27-,30-,34-,35+,36-,37-,41-,42+/m0/s1. The Morgan fingerprint density at radius 2 is 1.79 bits per heavy atom. The highest BCUT2D eigenvalue weighted by Gasteiger charge is 2.59. The van der Waals surface area contributed by atoms with Crippen LogP contribution in [0.3, 0.4) is 0 Å². The van der Waals surface area contributed by atoms with Crippen molar-refractivity contribution in [2.24, 2.45) is 46.3 Å². The highest BCUT2D eigenvalue weighted by Crippen LogP contribution is 2.67. The fraction of sp³-hybridized carbons (Fsp3) is 0.714. The van der Waals surface area contributed by atoms with Crippen LogP contribution < -0.4 is 10.4 Å². The number of allylic oxidation sites excluding steroid dienone is 1. The second-order valence-electron chi connectivity index (χ2n) is 17.1. The summed E-state index contributed by atoms with van der Waals surface area (Å²) >= 11 is 0. The number of carbonyl (C=O) groups excluding carboxylic acids is 1. The molecule has 3 fully saturated rings. The highest BCUT2D eigenvalue weighted by atomic mass is 16.6. The van der Waals surface area contributed by atoms with Crippen molar-refractivity contribution in [2.45, 2.75) is 137 Å². The summed E-state index contributed by atoms with van der Waals surface area (Å²) in [6, 6.07) is 5.57. The topological polar surface area (TPSA) is 65.7 Å². The van der Waals surface area contributed by atoms with E-state index in [2.05, 4.69) is 40.7 Å². The molecule has 5 aliphatic carbocycles. The average Bonchev–Trinajstić information content (AvgIpc) is 3.41. The molecule has 47 heavy (non-hydrogen) atoms. The van der Waals surface area contributed by atoms with Crippen molar-refractivity contribution < 1.29 is 18.7 Å². The number of fused-ring (bicyclic) bond motifs is 8. The average molecular weight is 643 g/mol. The fourth-order valence-corrected chi connectivity index (χ4v) is 11.6. The van der Waals surface area contributed by atoms with Crippen LogP contribution >= 0.6 is 0 Å². The van der Waals surface area contributed by atoms with Crippen LogP contribution in [0, 0.1) is 46.3 Å². The lowest BCUT2D eigenvalue weighted by Crippen LogP contribution is -2.51. The smallest absolute Gasteiger partial charge is 0.344 e. The SMILES string of the molecule is CC(C)CCC[C@H](C)[C@H]1CC[C@H]2[C@@H]3CC=C4C[C@@H](OC(=O)COc5ccc6c7c(c(=O)oc6c5)CCCC7)CC[C@]4(C)[C@H]3CC[C@]12C. The molecule has 0 spiro atoms. The zero-order valence-electron chi connectivity index (χ0n) is 29.7. The van der Waals surface area contributed by atoms with Gasteiger partial charge in [-0.1, -0.05) is 65.5 Å². The number of hydrogen-bond donors (Lipinski definition) is 0. The van der Waals surface area contributed by atoms with Crippen molar-refractivity contribution in [2.75, 3.05) is 6.61 Å². The van der Waals surface area contributed by atoms with Crippen LogP contribution in [0.5, 0.6) is 5.75 Å². The molecule has 5 aliphatic rings. The number of rotatable bonds is 9. The molecule has 7 rings (SSSR count). The van der Waals surface area contributed by atoms with Gasteiger partial charge in [0.2, 0.25) is 0 Å². The van der Waals surface area contributed by atoms with Gasteiger partial charge in [-0.15, -0.1) is 0 Å². The molecular weight excluding hydrogens is 584 g/mol. The van der Waals surface area contributed by atoms with Crippen molar-refractivity contribution in [3.8, 4) is 5.75 Å². The first-order valence-corrected chi connectivity index (χ1v) is 19.2. The van der Waals surface area contributed by atoms with Gasteiger partial charge in [-0.2, -0.15) is 0 Å². The van der Waals surface area contributed by atoms with E-state index < -0.39 is 0 Å². The van der Waals surface area contributed by atoms with Crippen LogP contribution in [0.15, 0.2) is 39.1 Å². The summed E-state index contributed by atoms with van der Waals surface area (Å²) in [7, 11) is 0. The second kappa shape index (κ2) is 13.0. The third-order valence-corrected chi connectivity index (χ3v) is 14.1. The van der Waals surface area contributed by atoms with Crippen molar-refractivity contribution in [1.29, 1.82) is 0 Å². The zero-order valence-corrected chi connectivity index (χ0v) is 29.7. The van der Waals surface area contributed by atoms with Crippen molar-refractivity contribution >= 4 is 16.9 Å². The Labute approximate surface area is 282 Å². The van der Waals surface area contributed by atoms with E-state index in [0.717, 1.165) is 97.0 Å². The second-order valence-corrected chi connectivity index (χ2v) is 17.1. The van der Waals surface area contributed by atoms with E-state index in [1.54, 1.807) is 6.07 Å². The van der Waals surface area contributed by atoms with Crippen molar-refractivity contribution in [1.82, 2.24) is 0 Å². The summed E-state index contributed by atoms with van der Waals surface area (Å²) in [5.41, 5.74) is 4.49. The van der Waals surface area contributed by atoms with Crippen molar-refractivity contribution in [3.05, 3.63) is 51.4 Å². The maximum Gasteiger partial charge on any atom is 0.344 e. The van der Waals surface area contributed by atoms with Gasteiger partial charge in [0.05, 0.1) is 0 Å². The summed E-state index contributed by atoms with van der Waals surface area (Å²) < 4.78 is 17.5. The molecule has 8 atom stereocenters. The van der Waals surface area contributed by atoms with E-state index in [9.17, 15) is 9.59 Å². The molecule has 2 aromatic rings. The fourth-order valence-electron chi connectivity index (χ4n) is 11.6. The molecule has 256 valence electrons. The minimum atomic E-state index is -0.326. The lowest BCUT2D eigenvalue weighted by molar-refractivity contribution is -0.153. The molecule has 1 aromatic heterocycles. The molecule has 5 nitrogen and oxygen atoms in total. The van der Waals surface area contributed by atoms with Crippen LogP contribution in [0.1, 0.15) is 129 Å². The third-order valence-electron chi connectivity index (χ3n) is 14.1. The lowest BCUT2D eigenvalue weighted by Gasteiger charge is -2.58. The molecule has 1 heterocycles. The Balaban J connectivity index is 0.953. The van der Waals surface area contributed by atoms with Gasteiger partial charge < -0.3 is 13.9 Å². The zero-order chi connectivity index (χ0) is 32.9. The monoisotopic (exact) mass is 642 g/mol. The first kappa shape index (κ1) is 33.0. The first-order valence-electron chi connectivity index (χ1n) is 19.2. The van der Waals surface area contributed by atoms with Crippen LogP contribution in [-0.4, -0.2) is 18.7 Å². The molecular formula is C42H58O5. The number of esters is 1. The Morgan fingerprint density at radius 1 is 0.979 bits per heavy atom. The molecule has 0 N–H and O–H groups in total. The largest absolute Gasteiger partial charge is 0.482 e. The van der Waals surface area contributed by atoms with Gasteiger partial charge in [-0.25, -0.2) is 9.59 Å². The van der Waals surface area contributed by atoms with E-state index >= 15 is 0 Å². The Bertz CT molecular complexity index is 1570. The number of aryl methyl sites for hydroxylation is 1. The van der Waals surface area contributed by atoms with Gasteiger partial charge >= 0.3 is 11.6 Å². The number of carbonyl (C=O) groups is 1. The van der Waals surface area contributed by atoms with E-state index in [4.69, 9.17) is 13.9 Å². The number of ether oxygens (including phenoxy) is 2. The molecule has 0 amide bonds. The summed E-state index contributed by atoms with van der Waals surface area (Å²) in [6.45, 7) is 12.3. The Kier molecular flexibility index (Phi) is 9.15. The van der Waals surface area contributed by atoms with Gasteiger partial charge in [0.1, 0.15) is 17.4 Å². The molecule has 0 aliphatic heterocycles. The van der Waals surface area contributed by atoms with E-state index in [-0.39, 0.29) is 29.7 Å². The van der Waals surface area contributed by atoms with Crippen LogP contribution in [0.25, 0.3) is 11.0 Å². The normalized spacial score (nSPS) is 33.7. The minimum Gasteiger partial charge on any atom is -0.482 e. The van der Waals surface area contributed by atoms with Crippen LogP contribution in [-0.2, 0) is 22.4 Å². The molecule has 0 saturated heterocycles. The molecule has 5 heteroatoms. The van der Waals surface area contributed by atoms with Crippen molar-refractivity contribution in [3.63, 3.8) is 0 Å². The van der Waals surface area contributed by atoms with Crippen LogP contribution in [0.2, 0.25) is 0 Å². The molecule has 0 radical (unpaired) electrons. The lowest BCUT2D eigenvalue weighted by atomic mass is 9.47. The first-order chi connectivity index (χ1) is 22.6. The molecule has 1 aromatic carbocycles. The van der Waals surface area contributed by atoms with E-state index in [1.807, 2.05) is 12.1 Å². The summed E-state index contributed by atoms with van der Waals surface area (Å²) in [5, 5.41) is 0.976. The molecule has 3 saturated carbocycles. The quantitative estimate of drug-likeness (QED) is 0.155. The number of benzene rings is 1. The Morgan fingerprint density at radius 3 is 2.60 bits per heavy atom. The molecule has 0 bridgehead atoms. The van der Waals surface area contributed by atoms with E-state index in [0.29, 0.717) is 16.7 Å². The number of hydrogen-bond acceptors (Lipinski definition) is 5. The van der Waals surface area contributed by atoms with Gasteiger partial charge in [0.25, 0.3) is 0 Å². The predicted octanol–water partition coefficient (Wildman–Crippen LogP) is 10.0. The summed E-state index contributed by atoms with van der Waals surface area (Å²) in [6.07, 6.45) is 20.1. The van der Waals surface area contributed by atoms with E-state index in [1.165, 1.54) is 56.9 Å². The third kappa shape index (κ3) is 6.12. The summed E-state index contributed by atoms with van der Waals surface area (Å²) in [4.78, 5) is 25.5. The highest BCUT2D eigenvalue weighted by molar-refractivity contribution is 5.83. The Hall–Kier alpha value is -2.56. The van der Waals surface area contributed by atoms with Crippen LogP contribution in [0.4, 0.5) is 0 Å². The predicted molar refractivity (Wildman–Crippen MR) is 188 cm³/mol. The minimum absolute atomic E-state index is 0.0838. The summed E-state index contributed by atoms with van der Waals surface area (Å²) in [5.74, 6) is 5.15. The maximum absolute atomic E-state index is 13.0. The van der Waals surface area contributed by atoms with Gasteiger partial charge in [0, 0.05) is 23.4 Å². The van der Waals surface area contributed by atoms with Gasteiger partial charge in [-0.3, -0.25) is 0 Å². The molecule has 0 unspecified atom stereocenters.